The molecular formula is C14H8BrCl3O. The van der Waals surface area contributed by atoms with Crippen LogP contribution in [0.3, 0.4) is 0 Å². The van der Waals surface area contributed by atoms with E-state index in [0.717, 1.165) is 10.0 Å². The fraction of sp³-hybridized carbons (Fsp3) is 0.0714. The van der Waals surface area contributed by atoms with Gasteiger partial charge in [0.05, 0.1) is 15.6 Å². The summed E-state index contributed by atoms with van der Waals surface area (Å²) >= 11 is 21.4. The number of carbonyl (C=O) groups excluding carboxylic acids is 1. The van der Waals surface area contributed by atoms with Crippen LogP contribution in [0.2, 0.25) is 15.1 Å². The van der Waals surface area contributed by atoms with Crippen molar-refractivity contribution in [3.05, 3.63) is 66.6 Å². The van der Waals surface area contributed by atoms with E-state index in [9.17, 15) is 4.79 Å². The minimum atomic E-state index is -0.234. The van der Waals surface area contributed by atoms with Crippen LogP contribution >= 0.6 is 50.7 Å². The maximum Gasteiger partial charge on any atom is 0.197 e. The average Bonchev–Trinajstić information content (AvgIpc) is 2.31. The van der Waals surface area contributed by atoms with Crippen LogP contribution in [0.15, 0.2) is 34.8 Å². The number of rotatable bonds is 2. The molecule has 0 saturated heterocycles. The van der Waals surface area contributed by atoms with Gasteiger partial charge in [-0.15, -0.1) is 0 Å². The molecule has 19 heavy (non-hydrogen) atoms. The molecule has 0 radical (unpaired) electrons. The third-order valence-corrected chi connectivity index (χ3v) is 4.54. The van der Waals surface area contributed by atoms with Gasteiger partial charge in [-0.1, -0.05) is 46.9 Å². The molecule has 0 aliphatic carbocycles. The van der Waals surface area contributed by atoms with Crippen molar-refractivity contribution in [3.63, 3.8) is 0 Å². The third-order valence-electron chi connectivity index (χ3n) is 2.67. The lowest BCUT2D eigenvalue weighted by Gasteiger charge is -2.09. The average molecular weight is 378 g/mol. The molecule has 0 N–H and O–H groups in total. The third kappa shape index (κ3) is 2.97. The zero-order chi connectivity index (χ0) is 14.2. The van der Waals surface area contributed by atoms with Gasteiger partial charge in [0.2, 0.25) is 0 Å². The normalized spacial score (nSPS) is 10.6. The molecule has 2 aromatic rings. The van der Waals surface area contributed by atoms with Gasteiger partial charge in [0.15, 0.2) is 5.78 Å². The first-order valence-electron chi connectivity index (χ1n) is 5.36. The first-order valence-corrected chi connectivity index (χ1v) is 7.29. The van der Waals surface area contributed by atoms with Crippen LogP contribution in [0.1, 0.15) is 21.5 Å². The molecule has 2 rings (SSSR count). The van der Waals surface area contributed by atoms with Gasteiger partial charge in [0.1, 0.15) is 0 Å². The molecule has 2 aromatic carbocycles. The summed E-state index contributed by atoms with van der Waals surface area (Å²) in [5, 5.41) is 0.890. The second-order valence-electron chi connectivity index (χ2n) is 4.01. The van der Waals surface area contributed by atoms with Crippen LogP contribution in [0.25, 0.3) is 0 Å². The molecule has 0 fully saturated rings. The zero-order valence-electron chi connectivity index (χ0n) is 9.81. The highest BCUT2D eigenvalue weighted by Crippen LogP contribution is 2.33. The molecular weight excluding hydrogens is 370 g/mol. The summed E-state index contributed by atoms with van der Waals surface area (Å²) in [5.74, 6) is -0.234. The molecule has 0 aliphatic heterocycles. The summed E-state index contributed by atoms with van der Waals surface area (Å²) in [7, 11) is 0. The van der Waals surface area contributed by atoms with Crippen molar-refractivity contribution in [2.45, 2.75) is 6.92 Å². The molecule has 0 unspecified atom stereocenters. The van der Waals surface area contributed by atoms with Gasteiger partial charge in [-0.3, -0.25) is 4.79 Å². The monoisotopic (exact) mass is 376 g/mol. The van der Waals surface area contributed by atoms with Crippen molar-refractivity contribution in [1.82, 2.24) is 0 Å². The molecule has 1 nitrogen and oxygen atoms in total. The van der Waals surface area contributed by atoms with E-state index in [4.69, 9.17) is 34.8 Å². The van der Waals surface area contributed by atoms with Crippen LogP contribution in [0.4, 0.5) is 0 Å². The fourth-order valence-electron chi connectivity index (χ4n) is 1.72. The molecule has 0 atom stereocenters. The standard InChI is InChI=1S/C14H8BrCl3O/c1-7-3-2-4-9(13(7)15)14(19)12-10(17)5-8(16)6-11(12)18/h2-6H,1H3. The van der Waals surface area contributed by atoms with Gasteiger partial charge < -0.3 is 0 Å². The van der Waals surface area contributed by atoms with Gasteiger partial charge in [-0.2, -0.15) is 0 Å². The van der Waals surface area contributed by atoms with E-state index < -0.39 is 0 Å². The SMILES string of the molecule is Cc1cccc(C(=O)c2c(Cl)cc(Cl)cc2Cl)c1Br. The highest BCUT2D eigenvalue weighted by molar-refractivity contribution is 9.10. The summed E-state index contributed by atoms with van der Waals surface area (Å²) in [6, 6.07) is 8.45. The van der Waals surface area contributed by atoms with Crippen LogP contribution < -0.4 is 0 Å². The first-order chi connectivity index (χ1) is 8.91. The minimum Gasteiger partial charge on any atom is -0.288 e. The second-order valence-corrected chi connectivity index (χ2v) is 6.05. The summed E-state index contributed by atoms with van der Waals surface area (Å²) in [6.45, 7) is 1.91. The Balaban J connectivity index is 2.60. The molecule has 0 spiro atoms. The lowest BCUT2D eigenvalue weighted by molar-refractivity contribution is 0.103. The Morgan fingerprint density at radius 2 is 1.68 bits per heavy atom. The Kier molecular flexibility index (Phi) is 4.57. The van der Waals surface area contributed by atoms with Gasteiger partial charge in [0.25, 0.3) is 0 Å². The van der Waals surface area contributed by atoms with Crippen molar-refractivity contribution < 1.29 is 4.79 Å². The molecule has 0 heterocycles. The van der Waals surface area contributed by atoms with Crippen molar-refractivity contribution in [1.29, 1.82) is 0 Å². The Hall–Kier alpha value is -0.540. The van der Waals surface area contributed by atoms with Crippen LogP contribution in [-0.2, 0) is 0 Å². The topological polar surface area (TPSA) is 17.1 Å². The predicted molar refractivity (Wildman–Crippen MR) is 83.8 cm³/mol. The number of aryl methyl sites for hydroxylation is 1. The minimum absolute atomic E-state index is 0.234. The maximum absolute atomic E-state index is 12.5. The summed E-state index contributed by atoms with van der Waals surface area (Å²) in [5.41, 5.74) is 1.75. The van der Waals surface area contributed by atoms with Crippen LogP contribution in [-0.4, -0.2) is 5.78 Å². The van der Waals surface area contributed by atoms with E-state index in [2.05, 4.69) is 15.9 Å². The molecule has 0 bridgehead atoms. The van der Waals surface area contributed by atoms with Crippen LogP contribution in [0.5, 0.6) is 0 Å². The molecule has 98 valence electrons. The van der Waals surface area contributed by atoms with E-state index >= 15 is 0 Å². The Bertz CT molecular complexity index is 645. The predicted octanol–water partition coefficient (Wildman–Crippen LogP) is 5.95. The van der Waals surface area contributed by atoms with E-state index in [1.165, 1.54) is 12.1 Å². The first kappa shape index (κ1) is 14.9. The van der Waals surface area contributed by atoms with Gasteiger partial charge in [-0.25, -0.2) is 0 Å². The van der Waals surface area contributed by atoms with Crippen molar-refractivity contribution in [3.8, 4) is 0 Å². The van der Waals surface area contributed by atoms with Crippen molar-refractivity contribution in [2.24, 2.45) is 0 Å². The maximum atomic E-state index is 12.5. The Morgan fingerprint density at radius 1 is 1.11 bits per heavy atom. The van der Waals surface area contributed by atoms with Crippen molar-refractivity contribution in [2.75, 3.05) is 0 Å². The summed E-state index contributed by atoms with van der Waals surface area (Å²) in [4.78, 5) is 12.5. The largest absolute Gasteiger partial charge is 0.288 e. The number of benzene rings is 2. The highest BCUT2D eigenvalue weighted by atomic mass is 79.9. The molecule has 5 heteroatoms. The Morgan fingerprint density at radius 3 is 2.26 bits per heavy atom. The zero-order valence-corrected chi connectivity index (χ0v) is 13.7. The quantitative estimate of drug-likeness (QED) is 0.590. The summed E-state index contributed by atoms with van der Waals surface area (Å²) in [6.07, 6.45) is 0. The molecule has 0 saturated carbocycles. The number of halogens is 4. The highest BCUT2D eigenvalue weighted by Gasteiger charge is 2.20. The number of ketones is 1. The number of hydrogen-bond donors (Lipinski definition) is 0. The molecule has 0 aliphatic rings. The lowest BCUT2D eigenvalue weighted by atomic mass is 10.0. The molecule has 0 amide bonds. The summed E-state index contributed by atoms with van der Waals surface area (Å²) < 4.78 is 0.738. The van der Waals surface area contributed by atoms with E-state index in [0.29, 0.717) is 10.6 Å². The lowest BCUT2D eigenvalue weighted by Crippen LogP contribution is -2.05. The van der Waals surface area contributed by atoms with Gasteiger partial charge >= 0.3 is 0 Å². The Labute approximate surface area is 134 Å². The van der Waals surface area contributed by atoms with E-state index in [-0.39, 0.29) is 21.4 Å². The van der Waals surface area contributed by atoms with E-state index in [1.54, 1.807) is 6.07 Å². The van der Waals surface area contributed by atoms with Gasteiger partial charge in [-0.05, 0) is 46.6 Å². The second kappa shape index (κ2) is 5.84. The van der Waals surface area contributed by atoms with Crippen molar-refractivity contribution >= 4 is 56.5 Å². The van der Waals surface area contributed by atoms with Crippen LogP contribution in [0, 0.1) is 6.92 Å². The number of carbonyl (C=O) groups is 1. The fourth-order valence-corrected chi connectivity index (χ4v) is 3.15. The van der Waals surface area contributed by atoms with E-state index in [1.807, 2.05) is 19.1 Å². The van der Waals surface area contributed by atoms with Gasteiger partial charge in [0, 0.05) is 15.1 Å². The molecule has 0 aromatic heterocycles. The number of hydrogen-bond acceptors (Lipinski definition) is 1. The smallest absolute Gasteiger partial charge is 0.197 e.